The first-order chi connectivity index (χ1) is 5.81. The van der Waals surface area contributed by atoms with E-state index in [1.54, 1.807) is 0 Å². The Kier molecular flexibility index (Phi) is 2.37. The summed E-state index contributed by atoms with van der Waals surface area (Å²) >= 11 is 0. The maximum atomic E-state index is 5.89. The van der Waals surface area contributed by atoms with Gasteiger partial charge in [0.1, 0.15) is 0 Å². The molecule has 0 aromatic heterocycles. The summed E-state index contributed by atoms with van der Waals surface area (Å²) in [6.07, 6.45) is 7.56. The van der Waals surface area contributed by atoms with Crippen LogP contribution in [0.2, 0.25) is 0 Å². The zero-order valence-corrected chi connectivity index (χ0v) is 7.84. The molecule has 2 nitrogen and oxygen atoms in total. The lowest BCUT2D eigenvalue weighted by atomic mass is 9.95. The van der Waals surface area contributed by atoms with Gasteiger partial charge in [-0.3, -0.25) is 0 Å². The highest BCUT2D eigenvalue weighted by atomic mass is 16.7. The van der Waals surface area contributed by atoms with Gasteiger partial charge in [-0.05, 0) is 32.6 Å². The third-order valence-electron chi connectivity index (χ3n) is 2.90. The molecule has 0 aliphatic carbocycles. The van der Waals surface area contributed by atoms with Crippen LogP contribution in [0.1, 0.15) is 45.4 Å². The van der Waals surface area contributed by atoms with E-state index in [4.69, 9.17) is 9.47 Å². The molecule has 0 N–H and O–H groups in total. The van der Waals surface area contributed by atoms with E-state index in [9.17, 15) is 0 Å². The van der Waals surface area contributed by atoms with Crippen molar-refractivity contribution < 1.29 is 9.47 Å². The van der Waals surface area contributed by atoms with Crippen LogP contribution in [0.25, 0.3) is 0 Å². The van der Waals surface area contributed by atoms with Crippen LogP contribution in [0.15, 0.2) is 0 Å². The second kappa shape index (κ2) is 3.35. The first-order valence-corrected chi connectivity index (χ1v) is 5.13. The number of hydrogen-bond donors (Lipinski definition) is 0. The van der Waals surface area contributed by atoms with Gasteiger partial charge in [-0.1, -0.05) is 0 Å². The van der Waals surface area contributed by atoms with Crippen LogP contribution in [0.4, 0.5) is 0 Å². The highest BCUT2D eigenvalue weighted by molar-refractivity contribution is 4.79. The Morgan fingerprint density at radius 3 is 2.67 bits per heavy atom. The van der Waals surface area contributed by atoms with Gasteiger partial charge in [0.25, 0.3) is 0 Å². The normalized spacial score (nSPS) is 43.2. The lowest BCUT2D eigenvalue weighted by Gasteiger charge is -2.42. The Morgan fingerprint density at radius 1 is 1.17 bits per heavy atom. The maximum Gasteiger partial charge on any atom is 0.168 e. The Hall–Kier alpha value is -0.0800. The third kappa shape index (κ3) is 1.64. The smallest absolute Gasteiger partial charge is 0.168 e. The number of ether oxygens (including phenoxy) is 2. The highest BCUT2D eigenvalue weighted by Crippen LogP contribution is 2.36. The average Bonchev–Trinajstić information content (AvgIpc) is 2.05. The van der Waals surface area contributed by atoms with Crippen molar-refractivity contribution in [2.75, 3.05) is 6.61 Å². The largest absolute Gasteiger partial charge is 0.350 e. The number of hydrogen-bond acceptors (Lipinski definition) is 2. The van der Waals surface area contributed by atoms with E-state index in [0.717, 1.165) is 19.4 Å². The van der Waals surface area contributed by atoms with Gasteiger partial charge in [0.05, 0.1) is 12.7 Å². The molecular formula is C10H18O2. The summed E-state index contributed by atoms with van der Waals surface area (Å²) < 4.78 is 11.6. The standard InChI is InChI=1S/C10H18O2/c1-9-5-4-7-10(12-9)6-2-3-8-11-10/h9H,2-8H2,1H3/t9-,10?/m0/s1. The van der Waals surface area contributed by atoms with Crippen molar-refractivity contribution in [1.82, 2.24) is 0 Å². The molecule has 0 radical (unpaired) electrons. The molecule has 0 aromatic carbocycles. The Morgan fingerprint density at radius 2 is 2.00 bits per heavy atom. The first-order valence-electron chi connectivity index (χ1n) is 5.13. The van der Waals surface area contributed by atoms with Gasteiger partial charge in [-0.2, -0.15) is 0 Å². The molecule has 0 saturated carbocycles. The predicted octanol–water partition coefficient (Wildman–Crippen LogP) is 2.47. The summed E-state index contributed by atoms with van der Waals surface area (Å²) in [5.41, 5.74) is 0. The van der Waals surface area contributed by atoms with Crippen LogP contribution in [0.3, 0.4) is 0 Å². The average molecular weight is 170 g/mol. The molecule has 12 heavy (non-hydrogen) atoms. The lowest BCUT2D eigenvalue weighted by Crippen LogP contribution is -2.44. The first kappa shape index (κ1) is 8.52. The van der Waals surface area contributed by atoms with Crippen molar-refractivity contribution in [3.8, 4) is 0 Å². The van der Waals surface area contributed by atoms with Gasteiger partial charge < -0.3 is 9.47 Å². The molecule has 2 heteroatoms. The molecule has 2 aliphatic rings. The van der Waals surface area contributed by atoms with E-state index < -0.39 is 0 Å². The molecular weight excluding hydrogens is 152 g/mol. The lowest BCUT2D eigenvalue weighted by molar-refractivity contribution is -0.291. The van der Waals surface area contributed by atoms with E-state index in [-0.39, 0.29) is 5.79 Å². The monoisotopic (exact) mass is 170 g/mol. The van der Waals surface area contributed by atoms with Gasteiger partial charge >= 0.3 is 0 Å². The Labute approximate surface area is 74.2 Å². The van der Waals surface area contributed by atoms with Crippen LogP contribution in [0.5, 0.6) is 0 Å². The molecule has 1 unspecified atom stereocenters. The van der Waals surface area contributed by atoms with Gasteiger partial charge in [0.15, 0.2) is 5.79 Å². The fraction of sp³-hybridized carbons (Fsp3) is 1.00. The molecule has 1 spiro atoms. The summed E-state index contributed by atoms with van der Waals surface area (Å²) in [6.45, 7) is 3.05. The van der Waals surface area contributed by atoms with E-state index >= 15 is 0 Å². The summed E-state index contributed by atoms with van der Waals surface area (Å²) in [5.74, 6) is -0.171. The predicted molar refractivity (Wildman–Crippen MR) is 46.9 cm³/mol. The molecule has 2 atom stereocenters. The minimum absolute atomic E-state index is 0.171. The molecule has 0 aromatic rings. The zero-order chi connectivity index (χ0) is 8.44. The van der Waals surface area contributed by atoms with Crippen molar-refractivity contribution in [3.05, 3.63) is 0 Å². The van der Waals surface area contributed by atoms with Crippen molar-refractivity contribution in [3.63, 3.8) is 0 Å². The van der Waals surface area contributed by atoms with Crippen LogP contribution < -0.4 is 0 Å². The van der Waals surface area contributed by atoms with E-state index in [2.05, 4.69) is 6.92 Å². The number of rotatable bonds is 0. The molecule has 0 bridgehead atoms. The zero-order valence-electron chi connectivity index (χ0n) is 7.84. The van der Waals surface area contributed by atoms with Gasteiger partial charge in [-0.25, -0.2) is 0 Å². The second-order valence-electron chi connectivity index (χ2n) is 4.04. The summed E-state index contributed by atoms with van der Waals surface area (Å²) in [6, 6.07) is 0. The van der Waals surface area contributed by atoms with Crippen molar-refractivity contribution >= 4 is 0 Å². The second-order valence-corrected chi connectivity index (χ2v) is 4.04. The quantitative estimate of drug-likeness (QED) is 0.556. The molecule has 2 rings (SSSR count). The minimum Gasteiger partial charge on any atom is -0.350 e. The van der Waals surface area contributed by atoms with Crippen LogP contribution in [-0.4, -0.2) is 18.5 Å². The topological polar surface area (TPSA) is 18.5 Å². The van der Waals surface area contributed by atoms with Crippen LogP contribution in [0, 0.1) is 0 Å². The third-order valence-corrected chi connectivity index (χ3v) is 2.90. The maximum absolute atomic E-state index is 5.89. The summed E-state index contributed by atoms with van der Waals surface area (Å²) in [4.78, 5) is 0. The SMILES string of the molecule is C[C@H]1CCCC2(CCCCO2)O1. The summed E-state index contributed by atoms with van der Waals surface area (Å²) in [5, 5.41) is 0. The van der Waals surface area contributed by atoms with Crippen molar-refractivity contribution in [1.29, 1.82) is 0 Å². The van der Waals surface area contributed by atoms with E-state index in [1.165, 1.54) is 25.7 Å². The van der Waals surface area contributed by atoms with Gasteiger partial charge in [0, 0.05) is 12.8 Å². The Bertz CT molecular complexity index is 144. The fourth-order valence-electron chi connectivity index (χ4n) is 2.26. The van der Waals surface area contributed by atoms with Crippen LogP contribution >= 0.6 is 0 Å². The molecule has 70 valence electrons. The van der Waals surface area contributed by atoms with Crippen molar-refractivity contribution in [2.45, 2.75) is 57.3 Å². The minimum atomic E-state index is -0.171. The fourth-order valence-corrected chi connectivity index (χ4v) is 2.26. The molecule has 2 aliphatic heterocycles. The summed E-state index contributed by atoms with van der Waals surface area (Å²) in [7, 11) is 0. The highest BCUT2D eigenvalue weighted by Gasteiger charge is 2.38. The van der Waals surface area contributed by atoms with Gasteiger partial charge in [0.2, 0.25) is 0 Å². The van der Waals surface area contributed by atoms with E-state index in [0.29, 0.717) is 6.10 Å². The molecule has 2 saturated heterocycles. The van der Waals surface area contributed by atoms with Crippen molar-refractivity contribution in [2.24, 2.45) is 0 Å². The molecule has 0 amide bonds. The van der Waals surface area contributed by atoms with Gasteiger partial charge in [-0.15, -0.1) is 0 Å². The van der Waals surface area contributed by atoms with Crippen LogP contribution in [-0.2, 0) is 9.47 Å². The molecule has 2 heterocycles. The Balaban J connectivity index is 1.97. The molecule has 2 fully saturated rings. The van der Waals surface area contributed by atoms with E-state index in [1.807, 2.05) is 0 Å².